The van der Waals surface area contributed by atoms with Gasteiger partial charge in [-0.1, -0.05) is 13.8 Å². The third-order valence-corrected chi connectivity index (χ3v) is 2.81. The fourth-order valence-corrected chi connectivity index (χ4v) is 1.67. The number of alkyl halides is 3. The molecule has 0 amide bonds. The number of benzene rings is 1. The van der Waals surface area contributed by atoms with Crippen molar-refractivity contribution < 1.29 is 13.2 Å². The highest BCUT2D eigenvalue weighted by molar-refractivity contribution is 5.47. The van der Waals surface area contributed by atoms with Crippen LogP contribution in [0, 0.1) is 5.92 Å². The molecule has 0 saturated carbocycles. The Balaban J connectivity index is 2.47. The van der Waals surface area contributed by atoms with E-state index in [0.29, 0.717) is 5.92 Å². The van der Waals surface area contributed by atoms with Crippen LogP contribution in [0.5, 0.6) is 0 Å². The van der Waals surface area contributed by atoms with Gasteiger partial charge >= 0.3 is 6.18 Å². The largest absolute Gasteiger partial charge is 0.416 e. The van der Waals surface area contributed by atoms with Crippen molar-refractivity contribution in [2.45, 2.75) is 20.0 Å². The Morgan fingerprint density at radius 3 is 2.21 bits per heavy atom. The maximum Gasteiger partial charge on any atom is 0.416 e. The molecule has 0 aromatic heterocycles. The molecule has 0 bridgehead atoms. The van der Waals surface area contributed by atoms with Crippen LogP contribution in [0.2, 0.25) is 0 Å². The standard InChI is InChI=1S/C14H21F3N2/c1-11(2)10-18-8-9-19(3)13-6-4-12(5-7-13)14(15,16)17/h4-7,11,18H,8-10H2,1-3H3. The monoisotopic (exact) mass is 274 g/mol. The first kappa shape index (κ1) is 15.8. The van der Waals surface area contributed by atoms with E-state index < -0.39 is 11.7 Å². The van der Waals surface area contributed by atoms with Gasteiger partial charge in [-0.15, -0.1) is 0 Å². The van der Waals surface area contributed by atoms with E-state index in [1.807, 2.05) is 11.9 Å². The molecule has 0 aliphatic carbocycles. The van der Waals surface area contributed by atoms with Gasteiger partial charge in [-0.25, -0.2) is 0 Å². The van der Waals surface area contributed by atoms with Gasteiger partial charge in [0.15, 0.2) is 0 Å². The molecule has 1 rings (SSSR count). The molecule has 2 nitrogen and oxygen atoms in total. The fraction of sp³-hybridized carbons (Fsp3) is 0.571. The molecule has 0 saturated heterocycles. The summed E-state index contributed by atoms with van der Waals surface area (Å²) in [4.78, 5) is 1.94. The highest BCUT2D eigenvalue weighted by Gasteiger charge is 2.29. The van der Waals surface area contributed by atoms with E-state index in [-0.39, 0.29) is 0 Å². The second-order valence-electron chi connectivity index (χ2n) is 5.06. The highest BCUT2D eigenvalue weighted by Crippen LogP contribution is 2.30. The van der Waals surface area contributed by atoms with Gasteiger partial charge in [-0.2, -0.15) is 13.2 Å². The summed E-state index contributed by atoms with van der Waals surface area (Å²) >= 11 is 0. The van der Waals surface area contributed by atoms with Crippen molar-refractivity contribution in [1.82, 2.24) is 5.32 Å². The lowest BCUT2D eigenvalue weighted by molar-refractivity contribution is -0.137. The smallest absolute Gasteiger partial charge is 0.373 e. The highest BCUT2D eigenvalue weighted by atomic mass is 19.4. The zero-order chi connectivity index (χ0) is 14.5. The number of hydrogen-bond acceptors (Lipinski definition) is 2. The van der Waals surface area contributed by atoms with Crippen molar-refractivity contribution in [2.24, 2.45) is 5.92 Å². The Kier molecular flexibility index (Phi) is 5.66. The molecular weight excluding hydrogens is 253 g/mol. The van der Waals surface area contributed by atoms with Crippen LogP contribution in [-0.2, 0) is 6.18 Å². The Labute approximate surface area is 112 Å². The number of likely N-dealkylation sites (N-methyl/N-ethyl adjacent to an activating group) is 1. The van der Waals surface area contributed by atoms with Gasteiger partial charge in [0, 0.05) is 25.8 Å². The molecular formula is C14H21F3N2. The van der Waals surface area contributed by atoms with E-state index in [1.165, 1.54) is 12.1 Å². The first-order valence-electron chi connectivity index (χ1n) is 6.40. The van der Waals surface area contributed by atoms with Gasteiger partial charge in [0.05, 0.1) is 5.56 Å². The van der Waals surface area contributed by atoms with Crippen molar-refractivity contribution in [3.05, 3.63) is 29.8 Å². The summed E-state index contributed by atoms with van der Waals surface area (Å²) < 4.78 is 37.3. The Morgan fingerprint density at radius 1 is 1.16 bits per heavy atom. The lowest BCUT2D eigenvalue weighted by Crippen LogP contribution is -2.31. The molecule has 0 atom stereocenters. The van der Waals surface area contributed by atoms with Crippen LogP contribution in [0.4, 0.5) is 18.9 Å². The number of rotatable bonds is 6. The molecule has 0 radical (unpaired) electrons. The molecule has 0 aliphatic heterocycles. The lowest BCUT2D eigenvalue weighted by atomic mass is 10.2. The van der Waals surface area contributed by atoms with E-state index in [0.717, 1.165) is 37.5 Å². The summed E-state index contributed by atoms with van der Waals surface area (Å²) in [5.41, 5.74) is 0.182. The zero-order valence-electron chi connectivity index (χ0n) is 11.6. The number of anilines is 1. The lowest BCUT2D eigenvalue weighted by Gasteiger charge is -2.20. The van der Waals surface area contributed by atoms with Crippen molar-refractivity contribution in [3.8, 4) is 0 Å². The molecule has 0 unspecified atom stereocenters. The van der Waals surface area contributed by atoms with Gasteiger partial charge in [-0.3, -0.25) is 0 Å². The van der Waals surface area contributed by atoms with Crippen molar-refractivity contribution in [3.63, 3.8) is 0 Å². The van der Waals surface area contributed by atoms with Crippen molar-refractivity contribution in [2.75, 3.05) is 31.6 Å². The number of halogens is 3. The summed E-state index contributed by atoms with van der Waals surface area (Å²) in [5.74, 6) is 0.594. The van der Waals surface area contributed by atoms with Crippen molar-refractivity contribution in [1.29, 1.82) is 0 Å². The summed E-state index contributed by atoms with van der Waals surface area (Å²) in [6.07, 6.45) is -4.27. The van der Waals surface area contributed by atoms with E-state index in [9.17, 15) is 13.2 Å². The third-order valence-electron chi connectivity index (χ3n) is 2.81. The Morgan fingerprint density at radius 2 is 1.74 bits per heavy atom. The van der Waals surface area contributed by atoms with Crippen LogP contribution in [0.15, 0.2) is 24.3 Å². The molecule has 108 valence electrons. The summed E-state index contributed by atoms with van der Waals surface area (Å²) in [5, 5.41) is 3.30. The summed E-state index contributed by atoms with van der Waals surface area (Å²) in [6.45, 7) is 6.79. The molecule has 1 aromatic rings. The average molecular weight is 274 g/mol. The van der Waals surface area contributed by atoms with E-state index in [4.69, 9.17) is 0 Å². The Bertz CT molecular complexity index is 371. The van der Waals surface area contributed by atoms with Crippen LogP contribution < -0.4 is 10.2 Å². The van der Waals surface area contributed by atoms with E-state index in [2.05, 4.69) is 19.2 Å². The number of nitrogens with zero attached hydrogens (tertiary/aromatic N) is 1. The SMILES string of the molecule is CC(C)CNCCN(C)c1ccc(C(F)(F)F)cc1. The van der Waals surface area contributed by atoms with Crippen LogP contribution >= 0.6 is 0 Å². The third kappa shape index (κ3) is 5.51. The predicted octanol–water partition coefficient (Wildman–Crippen LogP) is 3.39. The second-order valence-corrected chi connectivity index (χ2v) is 5.06. The average Bonchev–Trinajstić information content (AvgIpc) is 2.33. The molecule has 1 N–H and O–H groups in total. The molecule has 0 fully saturated rings. The zero-order valence-corrected chi connectivity index (χ0v) is 11.6. The molecule has 0 spiro atoms. The van der Waals surface area contributed by atoms with Crippen LogP contribution in [0.1, 0.15) is 19.4 Å². The van der Waals surface area contributed by atoms with Crippen LogP contribution in [-0.4, -0.2) is 26.7 Å². The molecule has 0 heterocycles. The quantitative estimate of drug-likeness (QED) is 0.800. The molecule has 1 aromatic carbocycles. The maximum absolute atomic E-state index is 12.4. The first-order valence-corrected chi connectivity index (χ1v) is 6.40. The van der Waals surface area contributed by atoms with Gasteiger partial charge in [-0.05, 0) is 36.7 Å². The number of hydrogen-bond donors (Lipinski definition) is 1. The van der Waals surface area contributed by atoms with E-state index >= 15 is 0 Å². The van der Waals surface area contributed by atoms with Gasteiger partial charge in [0.1, 0.15) is 0 Å². The minimum atomic E-state index is -4.27. The Hall–Kier alpha value is -1.23. The second kappa shape index (κ2) is 6.80. The normalized spacial score (nSPS) is 11.9. The van der Waals surface area contributed by atoms with Crippen LogP contribution in [0.25, 0.3) is 0 Å². The topological polar surface area (TPSA) is 15.3 Å². The number of nitrogens with one attached hydrogen (secondary N) is 1. The van der Waals surface area contributed by atoms with Crippen LogP contribution in [0.3, 0.4) is 0 Å². The van der Waals surface area contributed by atoms with Crippen molar-refractivity contribution >= 4 is 5.69 Å². The predicted molar refractivity (Wildman–Crippen MR) is 72.4 cm³/mol. The maximum atomic E-state index is 12.4. The van der Waals surface area contributed by atoms with Gasteiger partial charge in [0.25, 0.3) is 0 Å². The van der Waals surface area contributed by atoms with Gasteiger partial charge in [0.2, 0.25) is 0 Å². The summed E-state index contributed by atoms with van der Waals surface area (Å²) in [6, 6.07) is 5.25. The van der Waals surface area contributed by atoms with E-state index in [1.54, 1.807) is 0 Å². The first-order chi connectivity index (χ1) is 8.80. The summed E-state index contributed by atoms with van der Waals surface area (Å²) in [7, 11) is 1.87. The molecule has 0 aliphatic rings. The van der Waals surface area contributed by atoms with Gasteiger partial charge < -0.3 is 10.2 Å². The minimum Gasteiger partial charge on any atom is -0.373 e. The molecule has 5 heteroatoms. The molecule has 19 heavy (non-hydrogen) atoms. The fourth-order valence-electron chi connectivity index (χ4n) is 1.67. The minimum absolute atomic E-state index is 0.594.